The Labute approximate surface area is 189 Å². The van der Waals surface area contributed by atoms with Gasteiger partial charge in [0, 0.05) is 47.5 Å². The molecule has 0 radical (unpaired) electrons. The Hall–Kier alpha value is -2.82. The van der Waals surface area contributed by atoms with Crippen molar-refractivity contribution < 1.29 is 27.1 Å². The van der Waals surface area contributed by atoms with Crippen LogP contribution in [-0.2, 0) is 14.8 Å². The molecule has 0 aliphatic carbocycles. The Bertz CT molecular complexity index is 1290. The number of fused-ring (bicyclic) bond motifs is 1. The number of carbonyl (C=O) groups excluding carboxylic acids is 2. The van der Waals surface area contributed by atoms with E-state index in [-0.39, 0.29) is 34.0 Å². The van der Waals surface area contributed by atoms with Crippen LogP contribution in [0.3, 0.4) is 0 Å². The SMILES string of the molecule is COC(=O)c1sc2cccc(F)c2c1S(=O)(=O)N1CCN(c2ccc(C(C)=O)cc2)CC1. The molecule has 0 bridgehead atoms. The molecule has 0 amide bonds. The molecule has 1 aliphatic heterocycles. The standard InChI is InChI=1S/C22H21FN2O5S2/c1-14(26)15-6-8-16(9-7-15)24-10-12-25(13-11-24)32(28,29)21-19-17(23)4-3-5-18(19)31-20(21)22(27)30-2/h3-9H,10-13H2,1-2H3. The van der Waals surface area contributed by atoms with Crippen LogP contribution in [-0.4, -0.2) is 57.8 Å². The number of anilines is 1. The molecule has 4 rings (SSSR count). The molecule has 3 aromatic rings. The van der Waals surface area contributed by atoms with Gasteiger partial charge in [0.25, 0.3) is 0 Å². The zero-order valence-electron chi connectivity index (χ0n) is 17.5. The van der Waals surface area contributed by atoms with E-state index in [4.69, 9.17) is 4.74 Å². The number of Topliss-reactive ketones (excluding diaryl/α,β-unsaturated/α-hetero) is 1. The number of thiophene rings is 1. The average Bonchev–Trinajstić information content (AvgIpc) is 3.20. The van der Waals surface area contributed by atoms with Gasteiger partial charge in [0.1, 0.15) is 15.6 Å². The van der Waals surface area contributed by atoms with Crippen LogP contribution in [0.2, 0.25) is 0 Å². The predicted octanol–water partition coefficient (Wildman–Crippen LogP) is 3.54. The number of benzene rings is 2. The first kappa shape index (κ1) is 22.4. The van der Waals surface area contributed by atoms with Crippen molar-refractivity contribution >= 4 is 48.9 Å². The zero-order valence-corrected chi connectivity index (χ0v) is 19.1. The van der Waals surface area contributed by atoms with Crippen LogP contribution < -0.4 is 4.90 Å². The average molecular weight is 477 g/mol. The summed E-state index contributed by atoms with van der Waals surface area (Å²) in [5.74, 6) is -1.53. The van der Waals surface area contributed by atoms with Gasteiger partial charge in [-0.05, 0) is 43.3 Å². The monoisotopic (exact) mass is 476 g/mol. The van der Waals surface area contributed by atoms with E-state index < -0.39 is 21.8 Å². The fourth-order valence-corrected chi connectivity index (χ4v) is 7.00. The first-order valence-corrected chi connectivity index (χ1v) is 12.1. The summed E-state index contributed by atoms with van der Waals surface area (Å²) in [5, 5.41) is -0.0832. The molecule has 2 heterocycles. The van der Waals surface area contributed by atoms with Crippen molar-refractivity contribution in [1.29, 1.82) is 0 Å². The molecule has 1 aliphatic rings. The lowest BCUT2D eigenvalue weighted by atomic mass is 10.1. The molecule has 0 atom stereocenters. The molecule has 168 valence electrons. The van der Waals surface area contributed by atoms with E-state index >= 15 is 0 Å². The lowest BCUT2D eigenvalue weighted by molar-refractivity contribution is 0.0602. The van der Waals surface area contributed by atoms with E-state index in [1.807, 2.05) is 17.0 Å². The van der Waals surface area contributed by atoms with Crippen LogP contribution in [0.5, 0.6) is 0 Å². The molecule has 2 aromatic carbocycles. The second kappa shape index (κ2) is 8.61. The Morgan fingerprint density at radius 1 is 1.03 bits per heavy atom. The molecule has 0 saturated carbocycles. The van der Waals surface area contributed by atoms with Crippen LogP contribution >= 0.6 is 11.3 Å². The van der Waals surface area contributed by atoms with Crippen molar-refractivity contribution in [2.45, 2.75) is 11.8 Å². The third kappa shape index (κ3) is 3.89. The molecule has 0 N–H and O–H groups in total. The molecule has 1 fully saturated rings. The maximum Gasteiger partial charge on any atom is 0.349 e. The third-order valence-corrected chi connectivity index (χ3v) is 8.70. The highest BCUT2D eigenvalue weighted by Crippen LogP contribution is 2.38. The van der Waals surface area contributed by atoms with Crippen molar-refractivity contribution in [3.8, 4) is 0 Å². The number of methoxy groups -OCH3 is 1. The maximum atomic E-state index is 14.6. The number of hydrogen-bond acceptors (Lipinski definition) is 7. The van der Waals surface area contributed by atoms with Crippen molar-refractivity contribution in [2.24, 2.45) is 0 Å². The normalized spacial score (nSPS) is 15.2. The van der Waals surface area contributed by atoms with Gasteiger partial charge in [-0.25, -0.2) is 17.6 Å². The minimum absolute atomic E-state index is 0.0240. The molecule has 1 aromatic heterocycles. The van der Waals surface area contributed by atoms with E-state index in [1.165, 1.54) is 23.4 Å². The van der Waals surface area contributed by atoms with E-state index in [0.29, 0.717) is 23.4 Å². The topological polar surface area (TPSA) is 84.0 Å². The van der Waals surface area contributed by atoms with Crippen molar-refractivity contribution in [2.75, 3.05) is 38.2 Å². The van der Waals surface area contributed by atoms with Gasteiger partial charge < -0.3 is 9.64 Å². The largest absolute Gasteiger partial charge is 0.465 e. The highest BCUT2D eigenvalue weighted by molar-refractivity contribution is 7.89. The van der Waals surface area contributed by atoms with Crippen LogP contribution in [0, 0.1) is 5.82 Å². The summed E-state index contributed by atoms with van der Waals surface area (Å²) in [6.07, 6.45) is 0. The quantitative estimate of drug-likeness (QED) is 0.414. The van der Waals surface area contributed by atoms with Crippen LogP contribution in [0.4, 0.5) is 10.1 Å². The molecule has 32 heavy (non-hydrogen) atoms. The number of nitrogens with zero attached hydrogens (tertiary/aromatic N) is 2. The summed E-state index contributed by atoms with van der Waals surface area (Å²) < 4.78 is 48.1. The minimum Gasteiger partial charge on any atom is -0.465 e. The number of ketones is 1. The summed E-state index contributed by atoms with van der Waals surface area (Å²) >= 11 is 0.904. The molecule has 1 saturated heterocycles. The lowest BCUT2D eigenvalue weighted by Gasteiger charge is -2.35. The number of hydrogen-bond donors (Lipinski definition) is 0. The molecule has 7 nitrogen and oxygen atoms in total. The Balaban J connectivity index is 1.63. The fraction of sp³-hybridized carbons (Fsp3) is 0.273. The summed E-state index contributed by atoms with van der Waals surface area (Å²) in [7, 11) is -2.98. The smallest absolute Gasteiger partial charge is 0.349 e. The van der Waals surface area contributed by atoms with E-state index in [0.717, 1.165) is 24.1 Å². The van der Waals surface area contributed by atoms with Crippen molar-refractivity contribution in [1.82, 2.24) is 4.31 Å². The van der Waals surface area contributed by atoms with Gasteiger partial charge in [0.2, 0.25) is 10.0 Å². The van der Waals surface area contributed by atoms with Crippen LogP contribution in [0.1, 0.15) is 27.0 Å². The second-order valence-electron chi connectivity index (χ2n) is 7.36. The summed E-state index contributed by atoms with van der Waals surface area (Å²) in [4.78, 5) is 25.3. The lowest BCUT2D eigenvalue weighted by Crippen LogP contribution is -2.48. The first-order chi connectivity index (χ1) is 15.2. The highest BCUT2D eigenvalue weighted by atomic mass is 32.2. The zero-order chi connectivity index (χ0) is 23.0. The van der Waals surface area contributed by atoms with Crippen molar-refractivity contribution in [3.05, 3.63) is 58.7 Å². The van der Waals surface area contributed by atoms with Gasteiger partial charge in [-0.15, -0.1) is 11.3 Å². The Morgan fingerprint density at radius 2 is 1.69 bits per heavy atom. The van der Waals surface area contributed by atoms with E-state index in [9.17, 15) is 22.4 Å². The number of rotatable bonds is 5. The van der Waals surface area contributed by atoms with Gasteiger partial charge in [0.05, 0.1) is 7.11 Å². The molecule has 0 unspecified atom stereocenters. The number of sulfonamides is 1. The molecule has 0 spiro atoms. The number of halogens is 1. The number of carbonyl (C=O) groups is 2. The predicted molar refractivity (Wildman–Crippen MR) is 121 cm³/mol. The van der Waals surface area contributed by atoms with E-state index in [2.05, 4.69) is 0 Å². The summed E-state index contributed by atoms with van der Waals surface area (Å²) in [5.41, 5.74) is 1.49. The molecular formula is C22H21FN2O5S2. The van der Waals surface area contributed by atoms with Crippen LogP contribution in [0.15, 0.2) is 47.4 Å². The maximum absolute atomic E-state index is 14.6. The van der Waals surface area contributed by atoms with E-state index in [1.54, 1.807) is 18.2 Å². The third-order valence-electron chi connectivity index (χ3n) is 5.47. The number of piperazine rings is 1. The molecule has 10 heteroatoms. The highest BCUT2D eigenvalue weighted by Gasteiger charge is 2.36. The Kier molecular flexibility index (Phi) is 6.02. The molecular weight excluding hydrogens is 455 g/mol. The first-order valence-electron chi connectivity index (χ1n) is 9.89. The summed E-state index contributed by atoms with van der Waals surface area (Å²) in [6, 6.07) is 11.4. The number of ether oxygens (including phenoxy) is 1. The van der Waals surface area contributed by atoms with Gasteiger partial charge in [0.15, 0.2) is 5.78 Å². The fourth-order valence-electron chi connectivity index (χ4n) is 3.78. The second-order valence-corrected chi connectivity index (χ2v) is 10.3. The Morgan fingerprint density at radius 3 is 2.28 bits per heavy atom. The summed E-state index contributed by atoms with van der Waals surface area (Å²) in [6.45, 7) is 2.66. The van der Waals surface area contributed by atoms with Gasteiger partial charge in [-0.1, -0.05) is 6.07 Å². The van der Waals surface area contributed by atoms with Crippen LogP contribution in [0.25, 0.3) is 10.1 Å². The van der Waals surface area contributed by atoms with Gasteiger partial charge >= 0.3 is 5.97 Å². The van der Waals surface area contributed by atoms with Gasteiger partial charge in [-0.2, -0.15) is 4.31 Å². The minimum atomic E-state index is -4.15. The van der Waals surface area contributed by atoms with Gasteiger partial charge in [-0.3, -0.25) is 4.79 Å². The number of esters is 1. The van der Waals surface area contributed by atoms with Crippen molar-refractivity contribution in [3.63, 3.8) is 0 Å².